The van der Waals surface area contributed by atoms with Gasteiger partial charge < -0.3 is 10.8 Å². The predicted octanol–water partition coefficient (Wildman–Crippen LogP) is 1.79. The average Bonchev–Trinajstić information content (AvgIpc) is 2.16. The summed E-state index contributed by atoms with van der Waals surface area (Å²) in [5.41, 5.74) is 6.25. The summed E-state index contributed by atoms with van der Waals surface area (Å²) in [5, 5.41) is 8.50. The highest BCUT2D eigenvalue weighted by molar-refractivity contribution is 7.99. The number of thioether (sulfide) groups is 1. The summed E-state index contributed by atoms with van der Waals surface area (Å²) in [6, 6.07) is 3.58. The Morgan fingerprint density at radius 1 is 1.67 bits per heavy atom. The van der Waals surface area contributed by atoms with Gasteiger partial charge in [-0.15, -0.1) is 11.8 Å². The van der Waals surface area contributed by atoms with Crippen molar-refractivity contribution in [2.24, 2.45) is 0 Å². The normalized spacial score (nSPS) is 11.4. The molecule has 1 aromatic heterocycles. The first-order valence-corrected chi connectivity index (χ1v) is 5.31. The maximum absolute atomic E-state index is 10.4. The molecule has 0 fully saturated rings. The molecule has 0 aliphatic rings. The molecule has 0 atom stereocenters. The van der Waals surface area contributed by atoms with E-state index >= 15 is 0 Å². The number of rotatable bonds is 4. The molecule has 0 radical (unpaired) electrons. The average molecular weight is 224 g/mol. The van der Waals surface area contributed by atoms with Crippen molar-refractivity contribution in [3.63, 3.8) is 0 Å². The molecule has 15 heavy (non-hydrogen) atoms. The summed E-state index contributed by atoms with van der Waals surface area (Å²) < 4.78 is 0. The van der Waals surface area contributed by atoms with Crippen LogP contribution in [-0.4, -0.2) is 21.8 Å². The number of carboxylic acid groups (broad SMARTS) is 1. The zero-order chi connectivity index (χ0) is 11.3. The molecule has 0 saturated carbocycles. The second kappa shape index (κ2) is 5.41. The minimum absolute atomic E-state index is 0.483. The number of aromatic nitrogens is 1. The van der Waals surface area contributed by atoms with Crippen LogP contribution in [0.15, 0.2) is 34.9 Å². The number of carboxylic acids is 1. The summed E-state index contributed by atoms with van der Waals surface area (Å²) in [4.78, 5) is 15.3. The van der Waals surface area contributed by atoms with Crippen LogP contribution in [0.3, 0.4) is 0 Å². The van der Waals surface area contributed by atoms with Crippen LogP contribution >= 0.6 is 11.8 Å². The quantitative estimate of drug-likeness (QED) is 0.602. The molecule has 5 heteroatoms. The van der Waals surface area contributed by atoms with Crippen LogP contribution in [0.4, 0.5) is 5.82 Å². The Bertz CT molecular complexity index is 374. The molecule has 3 N–H and O–H groups in total. The monoisotopic (exact) mass is 224 g/mol. The van der Waals surface area contributed by atoms with Gasteiger partial charge in [-0.2, -0.15) is 0 Å². The van der Waals surface area contributed by atoms with Crippen molar-refractivity contribution in [3.8, 4) is 0 Å². The Labute approximate surface area is 92.2 Å². The molecule has 0 aliphatic heterocycles. The minimum atomic E-state index is -0.913. The summed E-state index contributed by atoms with van der Waals surface area (Å²) >= 11 is 1.53. The molecular formula is C10H12N2O2S. The van der Waals surface area contributed by atoms with Crippen molar-refractivity contribution < 1.29 is 9.90 Å². The summed E-state index contributed by atoms with van der Waals surface area (Å²) in [5.74, 6) is 0.207. The molecule has 80 valence electrons. The lowest BCUT2D eigenvalue weighted by Gasteiger charge is -2.01. The molecule has 0 spiro atoms. The highest BCUT2D eigenvalue weighted by Gasteiger charge is 1.98. The van der Waals surface area contributed by atoms with E-state index in [1.807, 2.05) is 6.07 Å². The third kappa shape index (κ3) is 4.51. The van der Waals surface area contributed by atoms with Gasteiger partial charge in [0.15, 0.2) is 0 Å². The van der Waals surface area contributed by atoms with Crippen LogP contribution < -0.4 is 5.73 Å². The first kappa shape index (κ1) is 11.6. The number of nitrogens with zero attached hydrogens (tertiary/aromatic N) is 1. The third-order valence-corrected chi connectivity index (χ3v) is 2.77. The van der Waals surface area contributed by atoms with E-state index in [0.29, 0.717) is 11.6 Å². The van der Waals surface area contributed by atoms with E-state index in [-0.39, 0.29) is 0 Å². The van der Waals surface area contributed by atoms with Gasteiger partial charge in [-0.3, -0.25) is 0 Å². The molecule has 4 nitrogen and oxygen atoms in total. The molecule has 0 saturated heterocycles. The van der Waals surface area contributed by atoms with E-state index in [9.17, 15) is 4.79 Å². The smallest absolute Gasteiger partial charge is 0.328 e. The van der Waals surface area contributed by atoms with Crippen molar-refractivity contribution in [2.75, 3.05) is 11.5 Å². The van der Waals surface area contributed by atoms with E-state index in [1.54, 1.807) is 19.2 Å². The SMILES string of the molecule is CC(=CC(=O)O)CSc1ccc(N)nc1. The summed E-state index contributed by atoms with van der Waals surface area (Å²) in [7, 11) is 0. The van der Waals surface area contributed by atoms with E-state index in [4.69, 9.17) is 10.8 Å². The zero-order valence-electron chi connectivity index (χ0n) is 8.30. The standard InChI is InChI=1S/C10H12N2O2S/c1-7(4-10(13)14)6-15-8-2-3-9(11)12-5-8/h2-5H,6H2,1H3,(H2,11,12)(H,13,14). The molecule has 0 aliphatic carbocycles. The van der Waals surface area contributed by atoms with E-state index in [2.05, 4.69) is 4.98 Å². The van der Waals surface area contributed by atoms with Gasteiger partial charge in [0.2, 0.25) is 0 Å². The van der Waals surface area contributed by atoms with Crippen LogP contribution in [0.5, 0.6) is 0 Å². The number of anilines is 1. The van der Waals surface area contributed by atoms with Gasteiger partial charge in [0.05, 0.1) is 0 Å². The van der Waals surface area contributed by atoms with Gasteiger partial charge in [-0.05, 0) is 19.1 Å². The van der Waals surface area contributed by atoms with Gasteiger partial charge in [0.25, 0.3) is 0 Å². The first-order valence-electron chi connectivity index (χ1n) is 4.32. The predicted molar refractivity (Wildman–Crippen MR) is 60.8 cm³/mol. The topological polar surface area (TPSA) is 76.2 Å². The maximum atomic E-state index is 10.4. The van der Waals surface area contributed by atoms with Crippen LogP contribution in [0.2, 0.25) is 0 Å². The van der Waals surface area contributed by atoms with Crippen molar-refractivity contribution in [1.29, 1.82) is 0 Å². The number of carbonyl (C=O) groups is 1. The van der Waals surface area contributed by atoms with E-state index in [0.717, 1.165) is 10.5 Å². The Hall–Kier alpha value is -1.49. The summed E-state index contributed by atoms with van der Waals surface area (Å²) in [6.07, 6.45) is 2.88. The second-order valence-corrected chi connectivity index (χ2v) is 4.09. The molecule has 0 unspecified atom stereocenters. The maximum Gasteiger partial charge on any atom is 0.328 e. The highest BCUT2D eigenvalue weighted by Crippen LogP contribution is 2.19. The van der Waals surface area contributed by atoms with Gasteiger partial charge in [-0.25, -0.2) is 9.78 Å². The number of hydrogen-bond acceptors (Lipinski definition) is 4. The third-order valence-electron chi connectivity index (χ3n) is 1.60. The van der Waals surface area contributed by atoms with E-state index in [1.165, 1.54) is 17.8 Å². The van der Waals surface area contributed by atoms with Crippen LogP contribution in [0.1, 0.15) is 6.92 Å². The van der Waals surface area contributed by atoms with Crippen LogP contribution in [-0.2, 0) is 4.79 Å². The minimum Gasteiger partial charge on any atom is -0.478 e. The highest BCUT2D eigenvalue weighted by atomic mass is 32.2. The zero-order valence-corrected chi connectivity index (χ0v) is 9.12. The largest absolute Gasteiger partial charge is 0.478 e. The molecular weight excluding hydrogens is 212 g/mol. The molecule has 1 heterocycles. The van der Waals surface area contributed by atoms with Crippen molar-refractivity contribution >= 4 is 23.5 Å². The lowest BCUT2D eigenvalue weighted by molar-refractivity contribution is -0.131. The molecule has 0 bridgehead atoms. The van der Waals surface area contributed by atoms with Crippen LogP contribution in [0, 0.1) is 0 Å². The Morgan fingerprint density at radius 3 is 2.93 bits per heavy atom. The number of nitrogens with two attached hydrogens (primary N) is 1. The fourth-order valence-corrected chi connectivity index (χ4v) is 1.70. The van der Waals surface area contributed by atoms with Crippen LogP contribution in [0.25, 0.3) is 0 Å². The van der Waals surface area contributed by atoms with Crippen molar-refractivity contribution in [2.45, 2.75) is 11.8 Å². The Morgan fingerprint density at radius 2 is 2.40 bits per heavy atom. The lowest BCUT2D eigenvalue weighted by Crippen LogP contribution is -1.92. The first-order chi connectivity index (χ1) is 7.08. The Kier molecular flexibility index (Phi) is 4.17. The van der Waals surface area contributed by atoms with Gasteiger partial charge in [0.1, 0.15) is 5.82 Å². The van der Waals surface area contributed by atoms with Gasteiger partial charge in [-0.1, -0.05) is 5.57 Å². The van der Waals surface area contributed by atoms with E-state index < -0.39 is 5.97 Å². The molecule has 0 aromatic carbocycles. The second-order valence-electron chi connectivity index (χ2n) is 3.04. The molecule has 0 amide bonds. The van der Waals surface area contributed by atoms with Gasteiger partial charge in [0, 0.05) is 22.9 Å². The number of aliphatic carboxylic acids is 1. The molecule has 1 aromatic rings. The lowest BCUT2D eigenvalue weighted by atomic mass is 10.3. The van der Waals surface area contributed by atoms with Crippen molar-refractivity contribution in [3.05, 3.63) is 30.0 Å². The number of pyridine rings is 1. The van der Waals surface area contributed by atoms with Gasteiger partial charge >= 0.3 is 5.97 Å². The fourth-order valence-electron chi connectivity index (χ4n) is 0.927. The number of nitrogen functional groups attached to an aromatic ring is 1. The fraction of sp³-hybridized carbons (Fsp3) is 0.200. The summed E-state index contributed by atoms with van der Waals surface area (Å²) in [6.45, 7) is 1.78. The number of hydrogen-bond donors (Lipinski definition) is 2. The Balaban J connectivity index is 2.50. The van der Waals surface area contributed by atoms with Crippen molar-refractivity contribution in [1.82, 2.24) is 4.98 Å². The molecule has 1 rings (SSSR count).